The minimum Gasteiger partial charge on any atom is -0.469 e. The molecule has 1 aliphatic rings. The summed E-state index contributed by atoms with van der Waals surface area (Å²) in [6, 6.07) is 10.0. The van der Waals surface area contributed by atoms with Crippen LogP contribution in [0, 0.1) is 11.8 Å². The van der Waals surface area contributed by atoms with Crippen LogP contribution in [0.4, 0.5) is 0 Å². The zero-order valence-corrected chi connectivity index (χ0v) is 17.4. The third kappa shape index (κ3) is 6.31. The van der Waals surface area contributed by atoms with Crippen LogP contribution in [-0.4, -0.2) is 50.8 Å². The van der Waals surface area contributed by atoms with Crippen molar-refractivity contribution in [2.75, 3.05) is 20.8 Å². The molecule has 1 aliphatic heterocycles. The van der Waals surface area contributed by atoms with Crippen LogP contribution < -0.4 is 10.6 Å². The molecule has 156 valence electrons. The molecule has 5 atom stereocenters. The highest BCUT2D eigenvalue weighted by atomic mass is 16.5. The van der Waals surface area contributed by atoms with E-state index in [1.807, 2.05) is 44.2 Å². The second-order valence-electron chi connectivity index (χ2n) is 7.75. The molecule has 0 bridgehead atoms. The zero-order chi connectivity index (χ0) is 20.5. The van der Waals surface area contributed by atoms with Gasteiger partial charge in [-0.15, -0.1) is 0 Å². The zero-order valence-electron chi connectivity index (χ0n) is 17.4. The fourth-order valence-corrected chi connectivity index (χ4v) is 4.01. The Morgan fingerprint density at radius 1 is 1.21 bits per heavy atom. The fraction of sp³-hybridized carbons (Fsp3) is 0.636. The average molecular weight is 391 g/mol. The second kappa shape index (κ2) is 11.2. The van der Waals surface area contributed by atoms with Crippen molar-refractivity contribution in [1.82, 2.24) is 10.6 Å². The van der Waals surface area contributed by atoms with Crippen molar-refractivity contribution < 1.29 is 19.1 Å². The molecule has 6 nitrogen and oxygen atoms in total. The van der Waals surface area contributed by atoms with Crippen molar-refractivity contribution in [2.45, 2.75) is 57.7 Å². The summed E-state index contributed by atoms with van der Waals surface area (Å²) in [6.07, 6.45) is 3.15. The van der Waals surface area contributed by atoms with Gasteiger partial charge in [-0.05, 0) is 37.8 Å². The van der Waals surface area contributed by atoms with E-state index in [0.717, 1.165) is 24.9 Å². The summed E-state index contributed by atoms with van der Waals surface area (Å²) < 4.78 is 10.5. The molecular formula is C22H34N2O4. The molecule has 1 aromatic rings. The Labute approximate surface area is 168 Å². The molecule has 0 aliphatic carbocycles. The third-order valence-corrected chi connectivity index (χ3v) is 5.59. The molecule has 0 radical (unpaired) electrons. The van der Waals surface area contributed by atoms with E-state index in [-0.39, 0.29) is 41.9 Å². The summed E-state index contributed by atoms with van der Waals surface area (Å²) in [6.45, 7) is 4.71. The van der Waals surface area contributed by atoms with Crippen LogP contribution in [0.1, 0.15) is 38.7 Å². The number of hydrogen-bond donors (Lipinski definition) is 2. The SMILES string of the molecule is COC(=O)C(C)CC(Cc1ccccc1)NC(=O)C(C)C(OC)C1CCCN1. The normalized spacial score (nSPS) is 20.8. The van der Waals surface area contributed by atoms with E-state index in [1.54, 1.807) is 7.11 Å². The van der Waals surface area contributed by atoms with E-state index >= 15 is 0 Å². The molecule has 5 unspecified atom stereocenters. The van der Waals surface area contributed by atoms with Crippen molar-refractivity contribution in [1.29, 1.82) is 0 Å². The number of rotatable bonds is 10. The second-order valence-corrected chi connectivity index (χ2v) is 7.75. The molecule has 0 aromatic heterocycles. The van der Waals surface area contributed by atoms with E-state index in [2.05, 4.69) is 10.6 Å². The molecule has 6 heteroatoms. The van der Waals surface area contributed by atoms with Gasteiger partial charge in [0.05, 0.1) is 25.0 Å². The number of carbonyl (C=O) groups is 2. The fourth-order valence-electron chi connectivity index (χ4n) is 4.01. The predicted molar refractivity (Wildman–Crippen MR) is 109 cm³/mol. The lowest BCUT2D eigenvalue weighted by Gasteiger charge is -2.29. The van der Waals surface area contributed by atoms with Crippen LogP contribution in [0.3, 0.4) is 0 Å². The molecule has 1 fully saturated rings. The summed E-state index contributed by atoms with van der Waals surface area (Å²) in [5, 5.41) is 6.58. The minimum absolute atomic E-state index is 0.0430. The van der Waals surface area contributed by atoms with Gasteiger partial charge in [0.1, 0.15) is 0 Å². The smallest absolute Gasteiger partial charge is 0.308 e. The monoisotopic (exact) mass is 390 g/mol. The van der Waals surface area contributed by atoms with Gasteiger partial charge in [0.2, 0.25) is 5.91 Å². The Morgan fingerprint density at radius 3 is 2.50 bits per heavy atom. The molecule has 1 aromatic carbocycles. The van der Waals surface area contributed by atoms with Crippen molar-refractivity contribution >= 4 is 11.9 Å². The van der Waals surface area contributed by atoms with E-state index in [4.69, 9.17) is 9.47 Å². The lowest BCUT2D eigenvalue weighted by molar-refractivity contribution is -0.145. The maximum atomic E-state index is 13.0. The number of benzene rings is 1. The number of nitrogens with one attached hydrogen (secondary N) is 2. The summed E-state index contributed by atoms with van der Waals surface area (Å²) in [4.78, 5) is 24.9. The molecule has 0 saturated carbocycles. The van der Waals surface area contributed by atoms with Gasteiger partial charge < -0.3 is 20.1 Å². The van der Waals surface area contributed by atoms with E-state index < -0.39 is 0 Å². The highest BCUT2D eigenvalue weighted by molar-refractivity contribution is 5.79. The molecule has 2 N–H and O–H groups in total. The molecule has 0 spiro atoms. The third-order valence-electron chi connectivity index (χ3n) is 5.59. The first-order chi connectivity index (χ1) is 13.5. The molecule has 1 amide bonds. The molecular weight excluding hydrogens is 356 g/mol. The van der Waals surface area contributed by atoms with Crippen LogP contribution in [0.15, 0.2) is 30.3 Å². The maximum absolute atomic E-state index is 13.0. The molecule has 1 heterocycles. The van der Waals surface area contributed by atoms with Gasteiger partial charge in [0, 0.05) is 19.2 Å². The van der Waals surface area contributed by atoms with Crippen molar-refractivity contribution in [3.63, 3.8) is 0 Å². The first-order valence-electron chi connectivity index (χ1n) is 10.1. The Kier molecular flexibility index (Phi) is 8.93. The van der Waals surface area contributed by atoms with Crippen molar-refractivity contribution in [2.24, 2.45) is 11.8 Å². The minimum atomic E-state index is -0.288. The van der Waals surface area contributed by atoms with Gasteiger partial charge in [-0.1, -0.05) is 44.2 Å². The van der Waals surface area contributed by atoms with Gasteiger partial charge in [0.25, 0.3) is 0 Å². The predicted octanol–water partition coefficient (Wildman–Crippen LogP) is 2.32. The van der Waals surface area contributed by atoms with Gasteiger partial charge >= 0.3 is 5.97 Å². The van der Waals surface area contributed by atoms with Gasteiger partial charge in [-0.3, -0.25) is 9.59 Å². The lowest BCUT2D eigenvalue weighted by Crippen LogP contribution is -2.49. The summed E-state index contributed by atoms with van der Waals surface area (Å²) >= 11 is 0. The van der Waals surface area contributed by atoms with Crippen molar-refractivity contribution in [3.8, 4) is 0 Å². The topological polar surface area (TPSA) is 76.7 Å². The molecule has 28 heavy (non-hydrogen) atoms. The van der Waals surface area contributed by atoms with Gasteiger partial charge in [-0.25, -0.2) is 0 Å². The van der Waals surface area contributed by atoms with Crippen LogP contribution >= 0.6 is 0 Å². The largest absolute Gasteiger partial charge is 0.469 e. The standard InChI is InChI=1S/C22H34N2O4/c1-15(22(26)28-4)13-18(14-17-9-6-5-7-10-17)24-21(25)16(2)20(27-3)19-11-8-12-23-19/h5-7,9-10,15-16,18-20,23H,8,11-14H2,1-4H3,(H,24,25). The summed E-state index contributed by atoms with van der Waals surface area (Å²) in [5.74, 6) is -0.875. The Hall–Kier alpha value is -1.92. The number of carbonyl (C=O) groups excluding carboxylic acids is 2. The Morgan fingerprint density at radius 2 is 1.93 bits per heavy atom. The summed E-state index contributed by atoms with van der Waals surface area (Å²) in [7, 11) is 3.05. The Bertz CT molecular complexity index is 616. The highest BCUT2D eigenvalue weighted by Gasteiger charge is 2.34. The molecule has 2 rings (SSSR count). The molecule has 1 saturated heterocycles. The summed E-state index contributed by atoms with van der Waals surface area (Å²) in [5.41, 5.74) is 1.12. The van der Waals surface area contributed by atoms with Crippen LogP contribution in [0.2, 0.25) is 0 Å². The van der Waals surface area contributed by atoms with E-state index in [9.17, 15) is 9.59 Å². The quantitative estimate of drug-likeness (QED) is 0.600. The number of methoxy groups -OCH3 is 2. The van der Waals surface area contributed by atoms with Crippen molar-refractivity contribution in [3.05, 3.63) is 35.9 Å². The van der Waals surface area contributed by atoms with Crippen LogP contribution in [-0.2, 0) is 25.5 Å². The first-order valence-corrected chi connectivity index (χ1v) is 10.1. The highest BCUT2D eigenvalue weighted by Crippen LogP contribution is 2.20. The number of hydrogen-bond acceptors (Lipinski definition) is 5. The number of amides is 1. The number of ether oxygens (including phenoxy) is 2. The Balaban J connectivity index is 2.06. The van der Waals surface area contributed by atoms with Crippen LogP contribution in [0.5, 0.6) is 0 Å². The first kappa shape index (κ1) is 22.4. The van der Waals surface area contributed by atoms with E-state index in [1.165, 1.54) is 7.11 Å². The van der Waals surface area contributed by atoms with Crippen LogP contribution in [0.25, 0.3) is 0 Å². The lowest BCUT2D eigenvalue weighted by atomic mass is 9.93. The van der Waals surface area contributed by atoms with Gasteiger partial charge in [0.15, 0.2) is 0 Å². The van der Waals surface area contributed by atoms with E-state index in [0.29, 0.717) is 12.8 Å². The maximum Gasteiger partial charge on any atom is 0.308 e. The number of esters is 1. The average Bonchev–Trinajstić information content (AvgIpc) is 3.22. The van der Waals surface area contributed by atoms with Gasteiger partial charge in [-0.2, -0.15) is 0 Å².